The standard InChI is InChI=1S/C16H22N6O3S/c1-12-14(21-26-20-12)25-11-13-5-6-17-15(18-13)19-16(23)24-10-9-22-7-3-2-4-8-22/h5-6H,2-4,7-11H2,1H3,(H,17,18,19,23). The molecule has 26 heavy (non-hydrogen) atoms. The molecule has 0 unspecified atom stereocenters. The molecule has 9 nitrogen and oxygen atoms in total. The maximum Gasteiger partial charge on any atom is 0.414 e. The van der Waals surface area contributed by atoms with E-state index >= 15 is 0 Å². The number of likely N-dealkylation sites (tertiary alicyclic amines) is 1. The van der Waals surface area contributed by atoms with Crippen LogP contribution in [0, 0.1) is 6.92 Å². The number of piperidine rings is 1. The fourth-order valence-electron chi connectivity index (χ4n) is 2.61. The molecule has 3 rings (SSSR count). The lowest BCUT2D eigenvalue weighted by molar-refractivity contribution is 0.131. The minimum Gasteiger partial charge on any atom is -0.469 e. The van der Waals surface area contributed by atoms with Gasteiger partial charge in [-0.25, -0.2) is 14.8 Å². The average molecular weight is 378 g/mol. The monoisotopic (exact) mass is 378 g/mol. The van der Waals surface area contributed by atoms with Crippen molar-refractivity contribution < 1.29 is 14.3 Å². The summed E-state index contributed by atoms with van der Waals surface area (Å²) in [7, 11) is 0. The first-order valence-corrected chi connectivity index (χ1v) is 9.34. The number of aryl methyl sites for hydroxylation is 1. The van der Waals surface area contributed by atoms with Crippen molar-refractivity contribution in [3.8, 4) is 5.88 Å². The fourth-order valence-corrected chi connectivity index (χ4v) is 3.11. The number of anilines is 1. The molecule has 1 amide bonds. The first-order chi connectivity index (χ1) is 12.7. The summed E-state index contributed by atoms with van der Waals surface area (Å²) in [5.41, 5.74) is 1.36. The van der Waals surface area contributed by atoms with Crippen LogP contribution in [-0.2, 0) is 11.3 Å². The highest BCUT2D eigenvalue weighted by atomic mass is 32.1. The van der Waals surface area contributed by atoms with Gasteiger partial charge in [0.1, 0.15) is 18.9 Å². The molecule has 1 aliphatic heterocycles. The van der Waals surface area contributed by atoms with Crippen LogP contribution in [-0.4, -0.2) is 55.9 Å². The Balaban J connectivity index is 1.42. The van der Waals surface area contributed by atoms with E-state index in [1.807, 2.05) is 6.92 Å². The topological polar surface area (TPSA) is 102 Å². The maximum absolute atomic E-state index is 11.9. The lowest BCUT2D eigenvalue weighted by Gasteiger charge is -2.25. The summed E-state index contributed by atoms with van der Waals surface area (Å²) in [6.45, 7) is 5.29. The second-order valence-corrected chi connectivity index (χ2v) is 6.51. The highest BCUT2D eigenvalue weighted by molar-refractivity contribution is 6.99. The number of hydrogen-bond donors (Lipinski definition) is 1. The largest absolute Gasteiger partial charge is 0.469 e. The Morgan fingerprint density at radius 3 is 2.92 bits per heavy atom. The Labute approximate surface area is 156 Å². The first-order valence-electron chi connectivity index (χ1n) is 8.61. The molecule has 10 heteroatoms. The Morgan fingerprint density at radius 1 is 1.31 bits per heavy atom. The summed E-state index contributed by atoms with van der Waals surface area (Å²) < 4.78 is 18.8. The van der Waals surface area contributed by atoms with Crippen LogP contribution in [0.4, 0.5) is 10.7 Å². The van der Waals surface area contributed by atoms with Gasteiger partial charge in [0.25, 0.3) is 0 Å². The van der Waals surface area contributed by atoms with E-state index in [9.17, 15) is 4.79 Å². The number of nitrogens with one attached hydrogen (secondary N) is 1. The second kappa shape index (κ2) is 9.39. The van der Waals surface area contributed by atoms with Crippen molar-refractivity contribution in [2.24, 2.45) is 0 Å². The molecule has 0 bridgehead atoms. The number of aromatic nitrogens is 4. The van der Waals surface area contributed by atoms with Gasteiger partial charge in [-0.1, -0.05) is 6.42 Å². The van der Waals surface area contributed by atoms with Gasteiger partial charge in [-0.3, -0.25) is 10.2 Å². The number of carbonyl (C=O) groups excluding carboxylic acids is 1. The zero-order valence-corrected chi connectivity index (χ0v) is 15.5. The van der Waals surface area contributed by atoms with Crippen LogP contribution < -0.4 is 10.1 Å². The molecule has 2 aromatic heterocycles. The van der Waals surface area contributed by atoms with Crippen LogP contribution in [0.3, 0.4) is 0 Å². The van der Waals surface area contributed by atoms with E-state index in [1.54, 1.807) is 12.3 Å². The van der Waals surface area contributed by atoms with Crippen LogP contribution in [0.5, 0.6) is 5.88 Å². The molecule has 1 fully saturated rings. The third kappa shape index (κ3) is 5.60. The molecule has 3 heterocycles. The van der Waals surface area contributed by atoms with Crippen LogP contribution in [0.2, 0.25) is 0 Å². The highest BCUT2D eigenvalue weighted by Crippen LogP contribution is 2.15. The van der Waals surface area contributed by atoms with Gasteiger partial charge in [-0.05, 0) is 38.9 Å². The summed E-state index contributed by atoms with van der Waals surface area (Å²) in [5, 5.41) is 2.54. The summed E-state index contributed by atoms with van der Waals surface area (Å²) in [5.74, 6) is 0.669. The van der Waals surface area contributed by atoms with Gasteiger partial charge < -0.3 is 9.47 Å². The Bertz CT molecular complexity index is 720. The molecule has 0 spiro atoms. The third-order valence-electron chi connectivity index (χ3n) is 3.98. The molecule has 0 aliphatic carbocycles. The Morgan fingerprint density at radius 2 is 2.15 bits per heavy atom. The summed E-state index contributed by atoms with van der Waals surface area (Å²) in [6, 6.07) is 1.71. The second-order valence-electron chi connectivity index (χ2n) is 5.98. The van der Waals surface area contributed by atoms with Gasteiger partial charge in [0, 0.05) is 12.7 Å². The highest BCUT2D eigenvalue weighted by Gasteiger charge is 2.12. The lowest BCUT2D eigenvalue weighted by Crippen LogP contribution is -2.33. The van der Waals surface area contributed by atoms with E-state index in [-0.39, 0.29) is 12.6 Å². The molecule has 140 valence electrons. The van der Waals surface area contributed by atoms with Crippen molar-refractivity contribution in [1.82, 2.24) is 23.6 Å². The van der Waals surface area contributed by atoms with Crippen LogP contribution >= 0.6 is 11.7 Å². The summed E-state index contributed by atoms with van der Waals surface area (Å²) >= 11 is 1.10. The average Bonchev–Trinajstić information content (AvgIpc) is 3.06. The van der Waals surface area contributed by atoms with Gasteiger partial charge in [-0.2, -0.15) is 4.37 Å². The molecule has 0 radical (unpaired) electrons. The number of rotatable bonds is 7. The van der Waals surface area contributed by atoms with Gasteiger partial charge in [-0.15, -0.1) is 4.37 Å². The number of amides is 1. The van der Waals surface area contributed by atoms with E-state index < -0.39 is 6.09 Å². The van der Waals surface area contributed by atoms with Gasteiger partial charge >= 0.3 is 6.09 Å². The van der Waals surface area contributed by atoms with Gasteiger partial charge in [0.15, 0.2) is 0 Å². The molecule has 2 aromatic rings. The van der Waals surface area contributed by atoms with E-state index in [4.69, 9.17) is 9.47 Å². The van der Waals surface area contributed by atoms with Crippen LogP contribution in [0.25, 0.3) is 0 Å². The smallest absolute Gasteiger partial charge is 0.414 e. The van der Waals surface area contributed by atoms with Crippen LogP contribution in [0.1, 0.15) is 30.7 Å². The van der Waals surface area contributed by atoms with Crippen molar-refractivity contribution in [3.05, 3.63) is 23.7 Å². The molecule has 1 aliphatic rings. The van der Waals surface area contributed by atoms with E-state index in [0.717, 1.165) is 37.1 Å². The van der Waals surface area contributed by atoms with Gasteiger partial charge in [0.05, 0.1) is 17.4 Å². The first kappa shape index (κ1) is 18.5. The van der Waals surface area contributed by atoms with Crippen molar-refractivity contribution in [3.63, 3.8) is 0 Å². The van der Waals surface area contributed by atoms with Crippen molar-refractivity contribution >= 4 is 23.8 Å². The predicted octanol–water partition coefficient (Wildman–Crippen LogP) is 2.25. The molecule has 1 N–H and O–H groups in total. The molecule has 1 saturated heterocycles. The van der Waals surface area contributed by atoms with Crippen molar-refractivity contribution in [1.29, 1.82) is 0 Å². The quantitative estimate of drug-likeness (QED) is 0.783. The number of hydrogen-bond acceptors (Lipinski definition) is 9. The fraction of sp³-hybridized carbons (Fsp3) is 0.562. The summed E-state index contributed by atoms with van der Waals surface area (Å²) in [6.07, 6.45) is 4.71. The minimum absolute atomic E-state index is 0.183. The SMILES string of the molecule is Cc1nsnc1OCc1ccnc(NC(=O)OCCN2CCCCC2)n1. The van der Waals surface area contributed by atoms with Crippen molar-refractivity contribution in [2.45, 2.75) is 32.8 Å². The molecule has 0 aromatic carbocycles. The molecule has 0 saturated carbocycles. The van der Waals surface area contributed by atoms with Gasteiger partial charge in [0.2, 0.25) is 11.8 Å². The predicted molar refractivity (Wildman–Crippen MR) is 96.3 cm³/mol. The normalized spacial score (nSPS) is 14.8. The summed E-state index contributed by atoms with van der Waals surface area (Å²) in [4.78, 5) is 22.4. The zero-order chi connectivity index (χ0) is 18.2. The Hall–Kier alpha value is -2.33. The molecule has 0 atom stereocenters. The molecular weight excluding hydrogens is 356 g/mol. The van der Waals surface area contributed by atoms with E-state index in [2.05, 4.69) is 28.9 Å². The van der Waals surface area contributed by atoms with Crippen molar-refractivity contribution in [2.75, 3.05) is 31.6 Å². The van der Waals surface area contributed by atoms with E-state index in [1.165, 1.54) is 19.3 Å². The maximum atomic E-state index is 11.9. The number of ether oxygens (including phenoxy) is 2. The minimum atomic E-state index is -0.556. The lowest BCUT2D eigenvalue weighted by atomic mass is 10.1. The number of carbonyl (C=O) groups is 1. The molecular formula is C16H22N6O3S. The Kier molecular flexibility index (Phi) is 6.67. The third-order valence-corrected chi connectivity index (χ3v) is 4.59. The zero-order valence-electron chi connectivity index (χ0n) is 14.7. The number of nitrogens with zero attached hydrogens (tertiary/aromatic N) is 5. The van der Waals surface area contributed by atoms with E-state index in [0.29, 0.717) is 18.2 Å². The van der Waals surface area contributed by atoms with Crippen LogP contribution in [0.15, 0.2) is 12.3 Å².